The van der Waals surface area contributed by atoms with Gasteiger partial charge in [0.25, 0.3) is 0 Å². The lowest BCUT2D eigenvalue weighted by atomic mass is 10.1. The summed E-state index contributed by atoms with van der Waals surface area (Å²) in [7, 11) is -3.52. The Kier molecular flexibility index (Phi) is 4.77. The highest BCUT2D eigenvalue weighted by molar-refractivity contribution is 7.89. The second-order valence-corrected chi connectivity index (χ2v) is 6.87. The van der Waals surface area contributed by atoms with Gasteiger partial charge in [-0.2, -0.15) is 0 Å². The highest BCUT2D eigenvalue weighted by atomic mass is 32.2. The molecule has 0 aromatic heterocycles. The van der Waals surface area contributed by atoms with E-state index in [0.29, 0.717) is 6.54 Å². The van der Waals surface area contributed by atoms with Gasteiger partial charge in [0.05, 0.1) is 4.90 Å². The van der Waals surface area contributed by atoms with Crippen molar-refractivity contribution in [2.75, 3.05) is 0 Å². The minimum absolute atomic E-state index is 0.251. The Bertz CT molecular complexity index is 722. The van der Waals surface area contributed by atoms with Crippen LogP contribution in [0.1, 0.15) is 22.3 Å². The predicted molar refractivity (Wildman–Crippen MR) is 84.3 cm³/mol. The van der Waals surface area contributed by atoms with E-state index in [4.69, 9.17) is 5.73 Å². The van der Waals surface area contributed by atoms with Gasteiger partial charge in [0.2, 0.25) is 10.0 Å². The molecule has 0 saturated heterocycles. The molecule has 0 fully saturated rings. The topological polar surface area (TPSA) is 72.2 Å². The van der Waals surface area contributed by atoms with E-state index in [1.165, 1.54) is 0 Å². The third-order valence-corrected chi connectivity index (χ3v) is 4.84. The highest BCUT2D eigenvalue weighted by Gasteiger charge is 2.14. The van der Waals surface area contributed by atoms with Crippen molar-refractivity contribution in [3.05, 3.63) is 64.7 Å². The molecule has 0 aliphatic rings. The Morgan fingerprint density at radius 3 is 2.33 bits per heavy atom. The van der Waals surface area contributed by atoms with Crippen molar-refractivity contribution in [1.29, 1.82) is 0 Å². The maximum absolute atomic E-state index is 12.3. The van der Waals surface area contributed by atoms with E-state index in [-0.39, 0.29) is 11.4 Å². The molecule has 0 spiro atoms. The largest absolute Gasteiger partial charge is 0.326 e. The fourth-order valence-electron chi connectivity index (χ4n) is 2.00. The lowest BCUT2D eigenvalue weighted by Crippen LogP contribution is -2.23. The van der Waals surface area contributed by atoms with Gasteiger partial charge in [0.1, 0.15) is 0 Å². The van der Waals surface area contributed by atoms with E-state index >= 15 is 0 Å². The van der Waals surface area contributed by atoms with Gasteiger partial charge in [-0.3, -0.25) is 0 Å². The van der Waals surface area contributed by atoms with Crippen LogP contribution in [0.5, 0.6) is 0 Å². The molecule has 0 heterocycles. The van der Waals surface area contributed by atoms with Gasteiger partial charge in [-0.15, -0.1) is 0 Å². The molecule has 3 N–H and O–H groups in total. The first-order chi connectivity index (χ1) is 9.92. The summed E-state index contributed by atoms with van der Waals surface area (Å²) >= 11 is 0. The van der Waals surface area contributed by atoms with Crippen molar-refractivity contribution < 1.29 is 8.42 Å². The summed E-state index contributed by atoms with van der Waals surface area (Å²) in [5, 5.41) is 0. The van der Waals surface area contributed by atoms with Crippen LogP contribution >= 0.6 is 0 Å². The molecule has 2 rings (SSSR count). The van der Waals surface area contributed by atoms with Crippen molar-refractivity contribution >= 4 is 10.0 Å². The molecule has 0 bridgehead atoms. The standard InChI is InChI=1S/C16H20N2O2S/c1-12-3-6-14(7-4-12)11-18-21(19,20)16-8-5-13(2)15(9-16)10-17/h3-9,18H,10-11,17H2,1-2H3. The summed E-state index contributed by atoms with van der Waals surface area (Å²) < 4.78 is 27.2. The maximum atomic E-state index is 12.3. The summed E-state index contributed by atoms with van der Waals surface area (Å²) in [6, 6.07) is 12.8. The molecule has 0 unspecified atom stereocenters. The minimum Gasteiger partial charge on any atom is -0.326 e. The van der Waals surface area contributed by atoms with Crippen LogP contribution in [-0.4, -0.2) is 8.42 Å². The van der Waals surface area contributed by atoms with Crippen molar-refractivity contribution in [1.82, 2.24) is 4.72 Å². The first-order valence-electron chi connectivity index (χ1n) is 6.77. The molecule has 2 aromatic carbocycles. The summed E-state index contributed by atoms with van der Waals surface area (Å²) in [5.74, 6) is 0. The van der Waals surface area contributed by atoms with Crippen molar-refractivity contribution in [3.63, 3.8) is 0 Å². The van der Waals surface area contributed by atoms with Crippen LogP contribution in [0.2, 0.25) is 0 Å². The van der Waals surface area contributed by atoms with E-state index in [0.717, 1.165) is 22.3 Å². The number of rotatable bonds is 5. The summed E-state index contributed by atoms with van der Waals surface area (Å²) in [5.41, 5.74) is 9.54. The van der Waals surface area contributed by atoms with Gasteiger partial charge < -0.3 is 5.73 Å². The van der Waals surface area contributed by atoms with Gasteiger partial charge in [0, 0.05) is 13.1 Å². The molecular formula is C16H20N2O2S. The molecule has 0 atom stereocenters. The molecule has 0 aliphatic heterocycles. The zero-order valence-corrected chi connectivity index (χ0v) is 13.1. The smallest absolute Gasteiger partial charge is 0.240 e. The number of hydrogen-bond donors (Lipinski definition) is 2. The number of aryl methyl sites for hydroxylation is 2. The van der Waals surface area contributed by atoms with Crippen molar-refractivity contribution in [2.45, 2.75) is 31.8 Å². The first kappa shape index (κ1) is 15.7. The third kappa shape index (κ3) is 3.91. The van der Waals surface area contributed by atoms with Crippen LogP contribution in [0.25, 0.3) is 0 Å². The molecule has 2 aromatic rings. The number of hydrogen-bond acceptors (Lipinski definition) is 3. The predicted octanol–water partition coefficient (Wildman–Crippen LogP) is 2.24. The van der Waals surface area contributed by atoms with Gasteiger partial charge in [0.15, 0.2) is 0 Å². The van der Waals surface area contributed by atoms with E-state index in [1.807, 2.05) is 38.1 Å². The lowest BCUT2D eigenvalue weighted by molar-refractivity contribution is 0.581. The second kappa shape index (κ2) is 6.39. The molecule has 0 aliphatic carbocycles. The minimum atomic E-state index is -3.52. The summed E-state index contributed by atoms with van der Waals surface area (Å²) in [4.78, 5) is 0.251. The van der Waals surface area contributed by atoms with Crippen LogP contribution in [0.3, 0.4) is 0 Å². The van der Waals surface area contributed by atoms with Gasteiger partial charge >= 0.3 is 0 Å². The zero-order chi connectivity index (χ0) is 15.5. The Labute approximate surface area is 126 Å². The molecule has 4 nitrogen and oxygen atoms in total. The Hall–Kier alpha value is -1.69. The highest BCUT2D eigenvalue weighted by Crippen LogP contribution is 2.15. The Balaban J connectivity index is 2.16. The molecule has 5 heteroatoms. The second-order valence-electron chi connectivity index (χ2n) is 5.10. The lowest BCUT2D eigenvalue weighted by Gasteiger charge is -2.10. The molecule has 112 valence electrons. The number of benzene rings is 2. The summed E-state index contributed by atoms with van der Waals surface area (Å²) in [6.07, 6.45) is 0. The van der Waals surface area contributed by atoms with Crippen LogP contribution in [-0.2, 0) is 23.1 Å². The third-order valence-electron chi connectivity index (χ3n) is 3.44. The maximum Gasteiger partial charge on any atom is 0.240 e. The molecule has 0 saturated carbocycles. The van der Waals surface area contributed by atoms with Gasteiger partial charge in [-0.25, -0.2) is 13.1 Å². The number of nitrogens with one attached hydrogen (secondary N) is 1. The molecule has 21 heavy (non-hydrogen) atoms. The van der Waals surface area contributed by atoms with Crippen molar-refractivity contribution in [3.8, 4) is 0 Å². The van der Waals surface area contributed by atoms with E-state index < -0.39 is 10.0 Å². The molecule has 0 amide bonds. The molecular weight excluding hydrogens is 284 g/mol. The average Bonchev–Trinajstić information content (AvgIpc) is 2.47. The number of nitrogens with two attached hydrogens (primary N) is 1. The van der Waals surface area contributed by atoms with Crippen molar-refractivity contribution in [2.24, 2.45) is 5.73 Å². The Morgan fingerprint density at radius 1 is 1.05 bits per heavy atom. The fourth-order valence-corrected chi connectivity index (χ4v) is 3.07. The quantitative estimate of drug-likeness (QED) is 0.890. The first-order valence-corrected chi connectivity index (χ1v) is 8.25. The molecule has 0 radical (unpaired) electrons. The van der Waals surface area contributed by atoms with Gasteiger partial charge in [-0.1, -0.05) is 35.9 Å². The average molecular weight is 304 g/mol. The Morgan fingerprint density at radius 2 is 1.71 bits per heavy atom. The van der Waals surface area contributed by atoms with E-state index in [9.17, 15) is 8.42 Å². The zero-order valence-electron chi connectivity index (χ0n) is 12.3. The monoisotopic (exact) mass is 304 g/mol. The number of sulfonamides is 1. The van der Waals surface area contributed by atoms with Crippen LogP contribution in [0.15, 0.2) is 47.4 Å². The van der Waals surface area contributed by atoms with Crippen LogP contribution in [0, 0.1) is 13.8 Å². The van der Waals surface area contributed by atoms with Crippen LogP contribution in [0.4, 0.5) is 0 Å². The SMILES string of the molecule is Cc1ccc(CNS(=O)(=O)c2ccc(C)c(CN)c2)cc1. The van der Waals surface area contributed by atoms with E-state index in [2.05, 4.69) is 4.72 Å². The van der Waals surface area contributed by atoms with Gasteiger partial charge in [-0.05, 0) is 42.7 Å². The normalized spacial score (nSPS) is 11.6. The van der Waals surface area contributed by atoms with E-state index in [1.54, 1.807) is 18.2 Å². The fraction of sp³-hybridized carbons (Fsp3) is 0.250. The summed E-state index contributed by atoms with van der Waals surface area (Å²) in [6.45, 7) is 4.51. The van der Waals surface area contributed by atoms with Crippen LogP contribution < -0.4 is 10.5 Å².